The van der Waals surface area contributed by atoms with E-state index in [2.05, 4.69) is 44.2 Å². The lowest BCUT2D eigenvalue weighted by atomic mass is 9.89. The van der Waals surface area contributed by atoms with Crippen molar-refractivity contribution >= 4 is 72.2 Å². The number of piperazine rings is 1. The van der Waals surface area contributed by atoms with Gasteiger partial charge in [0.05, 0.1) is 19.0 Å². The maximum atomic E-state index is 13.3. The van der Waals surface area contributed by atoms with E-state index in [0.29, 0.717) is 41.1 Å². The van der Waals surface area contributed by atoms with Crippen molar-refractivity contribution in [2.75, 3.05) is 62.0 Å². The van der Waals surface area contributed by atoms with Crippen LogP contribution in [0.1, 0.15) is 76.1 Å². The number of nitrogens with zero attached hydrogens (tertiary/aromatic N) is 6. The number of amides is 2. The number of methoxy groups -OCH3 is 1. The Labute approximate surface area is 304 Å². The number of carbonyl (C=O) groups excluding carboxylic acids is 2. The molecule has 0 radical (unpaired) electrons. The molecular weight excluding hydrogens is 675 g/mol. The van der Waals surface area contributed by atoms with Gasteiger partial charge in [-0.05, 0) is 82.9 Å². The second kappa shape index (κ2) is 17.4. The minimum absolute atomic E-state index is 0. The van der Waals surface area contributed by atoms with Crippen LogP contribution < -0.4 is 25.2 Å². The molecule has 3 fully saturated rings. The third-order valence-corrected chi connectivity index (χ3v) is 10.1. The molecule has 14 heteroatoms. The first-order valence-electron chi connectivity index (χ1n) is 16.9. The van der Waals surface area contributed by atoms with Crippen LogP contribution in [0.3, 0.4) is 0 Å². The van der Waals surface area contributed by atoms with Crippen LogP contribution in [0.5, 0.6) is 5.75 Å². The number of fused-ring (bicyclic) bond motifs is 1. The number of nitrogens with one attached hydrogen (secondary N) is 2. The number of benzene rings is 1. The second-order valence-electron chi connectivity index (χ2n) is 13.5. The Bertz CT molecular complexity index is 1380. The van der Waals surface area contributed by atoms with Gasteiger partial charge in [-0.2, -0.15) is 4.98 Å². The Hall–Kier alpha value is -2.57. The van der Waals surface area contributed by atoms with Gasteiger partial charge in [0.2, 0.25) is 11.9 Å². The number of carbonyl (C=O) groups is 2. The van der Waals surface area contributed by atoms with Crippen LogP contribution in [0.15, 0.2) is 24.4 Å². The zero-order chi connectivity index (χ0) is 31.7. The SMILES string of the molecule is CC[C@@H]1C(=O)N(C)c2cnc(Nc3ccc(C(=O)NC4CCC(N5CCN(CC6CC6)CC5)CC4)cc3OC)nc2N1C(C)C.Cl.Cl.Cl. The summed E-state index contributed by atoms with van der Waals surface area (Å²) >= 11 is 0. The van der Waals surface area contributed by atoms with Gasteiger partial charge in [0, 0.05) is 63.5 Å². The van der Waals surface area contributed by atoms with Crippen LogP contribution in [-0.2, 0) is 4.79 Å². The fraction of sp³-hybridized carbons (Fsp3) is 0.647. The molecule has 0 bridgehead atoms. The first-order chi connectivity index (χ1) is 21.7. The fourth-order valence-corrected chi connectivity index (χ4v) is 7.32. The highest BCUT2D eigenvalue weighted by Gasteiger charge is 2.38. The molecule has 4 aliphatic rings. The van der Waals surface area contributed by atoms with E-state index in [1.807, 2.05) is 19.1 Å². The second-order valence-corrected chi connectivity index (χ2v) is 13.5. The molecule has 2 aliphatic carbocycles. The van der Waals surface area contributed by atoms with Gasteiger partial charge >= 0.3 is 0 Å². The average Bonchev–Trinajstić information content (AvgIpc) is 3.87. The van der Waals surface area contributed by atoms with E-state index >= 15 is 0 Å². The van der Waals surface area contributed by atoms with Gasteiger partial charge in [0.1, 0.15) is 17.5 Å². The molecule has 6 rings (SSSR count). The number of rotatable bonds is 10. The Morgan fingerprint density at radius 3 is 2.31 bits per heavy atom. The largest absolute Gasteiger partial charge is 0.495 e. The summed E-state index contributed by atoms with van der Waals surface area (Å²) in [5, 5.41) is 6.55. The van der Waals surface area contributed by atoms with E-state index in [1.54, 1.807) is 31.3 Å². The lowest BCUT2D eigenvalue weighted by Crippen LogP contribution is -2.54. The minimum atomic E-state index is -0.278. The molecule has 2 aliphatic heterocycles. The normalized spacial score (nSPS) is 23.0. The number of anilines is 4. The lowest BCUT2D eigenvalue weighted by Gasteiger charge is -2.42. The Morgan fingerprint density at radius 2 is 1.71 bits per heavy atom. The van der Waals surface area contributed by atoms with Crippen LogP contribution in [0.2, 0.25) is 0 Å². The summed E-state index contributed by atoms with van der Waals surface area (Å²) in [5.74, 6) is 2.59. The molecule has 48 heavy (non-hydrogen) atoms. The van der Waals surface area contributed by atoms with Gasteiger partial charge in [-0.15, -0.1) is 37.2 Å². The van der Waals surface area contributed by atoms with Crippen LogP contribution in [-0.4, -0.2) is 103 Å². The zero-order valence-corrected chi connectivity index (χ0v) is 31.3. The molecule has 1 saturated heterocycles. The predicted molar refractivity (Wildman–Crippen MR) is 199 cm³/mol. The molecule has 268 valence electrons. The molecule has 1 aromatic heterocycles. The molecule has 1 aromatic carbocycles. The van der Waals surface area contributed by atoms with Crippen LogP contribution >= 0.6 is 37.2 Å². The zero-order valence-electron chi connectivity index (χ0n) is 28.8. The number of likely N-dealkylation sites (N-methyl/N-ethyl adjacent to an activating group) is 1. The van der Waals surface area contributed by atoms with Gasteiger partial charge in [0.15, 0.2) is 5.82 Å². The molecule has 2 N–H and O–H groups in total. The number of hydrogen-bond donors (Lipinski definition) is 2. The molecule has 2 saturated carbocycles. The summed E-state index contributed by atoms with van der Waals surface area (Å²) in [6.07, 6.45) is 9.51. The first kappa shape index (κ1) is 39.9. The maximum absolute atomic E-state index is 13.3. The van der Waals surface area contributed by atoms with Crippen molar-refractivity contribution in [2.45, 2.75) is 89.9 Å². The molecule has 2 aromatic rings. The highest BCUT2D eigenvalue weighted by Crippen LogP contribution is 2.37. The van der Waals surface area contributed by atoms with E-state index in [9.17, 15) is 9.59 Å². The summed E-state index contributed by atoms with van der Waals surface area (Å²) in [6.45, 7) is 12.2. The van der Waals surface area contributed by atoms with Gasteiger partial charge in [-0.1, -0.05) is 6.92 Å². The summed E-state index contributed by atoms with van der Waals surface area (Å²) in [7, 11) is 3.36. The molecule has 11 nitrogen and oxygen atoms in total. The van der Waals surface area contributed by atoms with Crippen LogP contribution in [0.4, 0.5) is 23.1 Å². The van der Waals surface area contributed by atoms with E-state index in [1.165, 1.54) is 45.6 Å². The molecule has 2 amide bonds. The van der Waals surface area contributed by atoms with Crippen LogP contribution in [0.25, 0.3) is 0 Å². The van der Waals surface area contributed by atoms with Gasteiger partial charge in [-0.3, -0.25) is 14.5 Å². The van der Waals surface area contributed by atoms with Crippen molar-refractivity contribution in [3.8, 4) is 5.75 Å². The highest BCUT2D eigenvalue weighted by molar-refractivity contribution is 6.04. The summed E-state index contributed by atoms with van der Waals surface area (Å²) in [5.41, 5.74) is 1.91. The molecule has 0 spiro atoms. The third-order valence-electron chi connectivity index (χ3n) is 10.1. The highest BCUT2D eigenvalue weighted by atomic mass is 35.5. The summed E-state index contributed by atoms with van der Waals surface area (Å²) in [4.78, 5) is 44.6. The van der Waals surface area contributed by atoms with Crippen LogP contribution in [0, 0.1) is 5.92 Å². The molecule has 0 unspecified atom stereocenters. The van der Waals surface area contributed by atoms with Crippen molar-refractivity contribution in [1.29, 1.82) is 0 Å². The van der Waals surface area contributed by atoms with Gasteiger partial charge in [-0.25, -0.2) is 4.98 Å². The molecule has 3 heterocycles. The van der Waals surface area contributed by atoms with E-state index in [-0.39, 0.29) is 67.2 Å². The monoisotopic (exact) mass is 726 g/mol. The standard InChI is InChI=1S/C34H50N8O3.3ClH/c1-6-28-33(44)39(4)29-20-35-34(38-31(29)42(28)22(2)3)37-27-14-9-24(19-30(27)45-5)32(43)36-25-10-12-26(13-11-25)41-17-15-40(16-18-41)21-23-7-8-23;;;/h9,14,19-20,22-23,25-26,28H,6-8,10-13,15-18,21H2,1-5H3,(H,36,43)(H,35,37,38);3*1H/t25?,26?,28-;;;/m1.../s1. The van der Waals surface area contributed by atoms with E-state index in [4.69, 9.17) is 9.72 Å². The fourth-order valence-electron chi connectivity index (χ4n) is 7.32. The quantitative estimate of drug-likeness (QED) is 0.327. The summed E-state index contributed by atoms with van der Waals surface area (Å²) in [6, 6.07) is 6.05. The number of hydrogen-bond acceptors (Lipinski definition) is 9. The molecular formula is C34H53Cl3N8O3. The lowest BCUT2D eigenvalue weighted by molar-refractivity contribution is -0.120. The van der Waals surface area contributed by atoms with Crippen molar-refractivity contribution < 1.29 is 14.3 Å². The summed E-state index contributed by atoms with van der Waals surface area (Å²) < 4.78 is 5.68. The topological polar surface area (TPSA) is 106 Å². The Balaban J connectivity index is 0.00000208. The van der Waals surface area contributed by atoms with Crippen molar-refractivity contribution in [1.82, 2.24) is 25.1 Å². The van der Waals surface area contributed by atoms with Crippen molar-refractivity contribution in [3.63, 3.8) is 0 Å². The predicted octanol–water partition coefficient (Wildman–Crippen LogP) is 5.53. The van der Waals surface area contributed by atoms with E-state index < -0.39 is 0 Å². The van der Waals surface area contributed by atoms with Crippen molar-refractivity contribution in [2.24, 2.45) is 5.92 Å². The van der Waals surface area contributed by atoms with E-state index in [0.717, 1.165) is 37.4 Å². The average molecular weight is 728 g/mol. The third kappa shape index (κ3) is 8.77. The van der Waals surface area contributed by atoms with Gasteiger partial charge < -0.3 is 30.1 Å². The van der Waals surface area contributed by atoms with Gasteiger partial charge in [0.25, 0.3) is 5.91 Å². The first-order valence-corrected chi connectivity index (χ1v) is 16.9. The number of aromatic nitrogens is 2. The molecule has 1 atom stereocenters. The smallest absolute Gasteiger partial charge is 0.251 e. The minimum Gasteiger partial charge on any atom is -0.495 e. The number of halogens is 3. The number of ether oxygens (including phenoxy) is 1. The Morgan fingerprint density at radius 1 is 1.02 bits per heavy atom. The van der Waals surface area contributed by atoms with Crippen molar-refractivity contribution in [3.05, 3.63) is 30.0 Å². The maximum Gasteiger partial charge on any atom is 0.251 e. The Kier molecular flexibility index (Phi) is 14.4.